The van der Waals surface area contributed by atoms with E-state index >= 15 is 0 Å². The van der Waals surface area contributed by atoms with Gasteiger partial charge >= 0.3 is 0 Å². The van der Waals surface area contributed by atoms with Gasteiger partial charge in [-0.3, -0.25) is 5.10 Å². The van der Waals surface area contributed by atoms with E-state index in [1.165, 1.54) is 0 Å². The van der Waals surface area contributed by atoms with Crippen LogP contribution in [-0.4, -0.2) is 25.3 Å². The number of benzene rings is 1. The van der Waals surface area contributed by atoms with Crippen molar-refractivity contribution >= 4 is 29.2 Å². The van der Waals surface area contributed by atoms with Gasteiger partial charge in [0.1, 0.15) is 0 Å². The Bertz CT molecular complexity index is 717. The van der Waals surface area contributed by atoms with Gasteiger partial charge in [0, 0.05) is 15.6 Å². The number of rotatable bonds is 2. The summed E-state index contributed by atoms with van der Waals surface area (Å²) in [4.78, 5) is 8.05. The molecular weight excluding hydrogens is 291 g/mol. The quantitative estimate of drug-likeness (QED) is 0.752. The molecule has 0 aliphatic heterocycles. The van der Waals surface area contributed by atoms with Crippen molar-refractivity contribution in [1.82, 2.24) is 25.3 Å². The summed E-state index contributed by atoms with van der Waals surface area (Å²) in [6, 6.07) is 4.97. The van der Waals surface area contributed by atoms with Crippen LogP contribution in [0.25, 0.3) is 23.1 Å². The fraction of sp³-hybridized carbons (Fsp3) is 0. The number of nitrogen functional groups attached to an aromatic ring is 1. The highest BCUT2D eigenvalue weighted by atomic mass is 35.5. The van der Waals surface area contributed by atoms with Gasteiger partial charge in [0.2, 0.25) is 17.6 Å². The van der Waals surface area contributed by atoms with E-state index in [1.807, 2.05) is 0 Å². The van der Waals surface area contributed by atoms with Crippen molar-refractivity contribution in [1.29, 1.82) is 0 Å². The minimum absolute atomic E-state index is 0.0977. The summed E-state index contributed by atoms with van der Waals surface area (Å²) in [6.45, 7) is 0. The highest BCUT2D eigenvalue weighted by molar-refractivity contribution is 6.35. The number of halogens is 2. The lowest BCUT2D eigenvalue weighted by atomic mass is 10.2. The Morgan fingerprint density at radius 1 is 1.11 bits per heavy atom. The summed E-state index contributed by atoms with van der Waals surface area (Å²) >= 11 is 11.8. The monoisotopic (exact) mass is 296 g/mol. The first-order chi connectivity index (χ1) is 9.11. The van der Waals surface area contributed by atoms with Crippen LogP contribution in [0.3, 0.4) is 0 Å². The SMILES string of the molecule is Nc1n[nH]c(-c2nc(-c3cc(Cl)cc(Cl)c3)no2)n1. The molecule has 0 amide bonds. The third-order valence-electron chi connectivity index (χ3n) is 2.25. The van der Waals surface area contributed by atoms with Crippen LogP contribution in [0, 0.1) is 0 Å². The average molecular weight is 297 g/mol. The van der Waals surface area contributed by atoms with E-state index in [0.29, 0.717) is 27.3 Å². The van der Waals surface area contributed by atoms with Crippen molar-refractivity contribution in [2.45, 2.75) is 0 Å². The molecular formula is C10H6Cl2N6O. The number of nitrogens with two attached hydrogens (primary N) is 1. The van der Waals surface area contributed by atoms with Crippen LogP contribution < -0.4 is 5.73 Å². The Hall–Kier alpha value is -2.12. The molecule has 3 rings (SSSR count). The number of hydrogen-bond acceptors (Lipinski definition) is 6. The van der Waals surface area contributed by atoms with Crippen LogP contribution >= 0.6 is 23.2 Å². The summed E-state index contributed by atoms with van der Waals surface area (Å²) in [5, 5.41) is 11.0. The zero-order valence-electron chi connectivity index (χ0n) is 9.26. The molecule has 7 nitrogen and oxygen atoms in total. The van der Waals surface area contributed by atoms with Crippen molar-refractivity contribution in [2.75, 3.05) is 5.73 Å². The number of nitrogens with one attached hydrogen (secondary N) is 1. The van der Waals surface area contributed by atoms with E-state index in [-0.39, 0.29) is 11.8 Å². The van der Waals surface area contributed by atoms with Crippen LogP contribution in [0.5, 0.6) is 0 Å². The molecule has 3 aromatic rings. The van der Waals surface area contributed by atoms with Gasteiger partial charge in [-0.25, -0.2) is 0 Å². The summed E-state index contributed by atoms with van der Waals surface area (Å²) < 4.78 is 5.06. The van der Waals surface area contributed by atoms with Crippen molar-refractivity contribution in [2.24, 2.45) is 0 Å². The lowest BCUT2D eigenvalue weighted by Crippen LogP contribution is -1.85. The fourth-order valence-electron chi connectivity index (χ4n) is 1.49. The van der Waals surface area contributed by atoms with E-state index in [4.69, 9.17) is 33.5 Å². The minimum Gasteiger partial charge on any atom is -0.366 e. The molecule has 0 aliphatic rings. The standard InChI is InChI=1S/C10H6Cl2N6O/c11-5-1-4(2-6(12)3-5)7-14-9(19-18-7)8-15-10(13)17-16-8/h1-3H,(H3,13,15,16,17). The average Bonchev–Trinajstić information content (AvgIpc) is 2.95. The van der Waals surface area contributed by atoms with Gasteiger partial charge in [-0.05, 0) is 18.2 Å². The van der Waals surface area contributed by atoms with Crippen molar-refractivity contribution in [3.05, 3.63) is 28.2 Å². The van der Waals surface area contributed by atoms with E-state index < -0.39 is 0 Å². The topological polar surface area (TPSA) is 107 Å². The molecule has 96 valence electrons. The number of aromatic nitrogens is 5. The maximum Gasteiger partial charge on any atom is 0.295 e. The maximum absolute atomic E-state index is 5.91. The normalized spacial score (nSPS) is 10.8. The first-order valence-electron chi connectivity index (χ1n) is 5.10. The summed E-state index contributed by atoms with van der Waals surface area (Å²) in [5.74, 6) is 0.912. The molecule has 0 spiro atoms. The van der Waals surface area contributed by atoms with Gasteiger partial charge in [0.25, 0.3) is 5.89 Å². The third kappa shape index (κ3) is 2.38. The van der Waals surface area contributed by atoms with Crippen LogP contribution in [-0.2, 0) is 0 Å². The number of H-pyrrole nitrogens is 1. The van der Waals surface area contributed by atoms with E-state index in [1.54, 1.807) is 18.2 Å². The van der Waals surface area contributed by atoms with Crippen molar-refractivity contribution < 1.29 is 4.52 Å². The molecule has 2 heterocycles. The second-order valence-electron chi connectivity index (χ2n) is 3.62. The predicted molar refractivity (Wildman–Crippen MR) is 69.5 cm³/mol. The highest BCUT2D eigenvalue weighted by Gasteiger charge is 2.14. The smallest absolute Gasteiger partial charge is 0.295 e. The number of aromatic amines is 1. The molecule has 19 heavy (non-hydrogen) atoms. The molecule has 1 aromatic carbocycles. The lowest BCUT2D eigenvalue weighted by molar-refractivity contribution is 0.429. The molecule has 0 radical (unpaired) electrons. The Morgan fingerprint density at radius 3 is 2.47 bits per heavy atom. The van der Waals surface area contributed by atoms with Gasteiger partial charge in [0.15, 0.2) is 0 Å². The summed E-state index contributed by atoms with van der Waals surface area (Å²) in [7, 11) is 0. The predicted octanol–water partition coefficient (Wildman–Crippen LogP) is 2.41. The molecule has 9 heteroatoms. The van der Waals surface area contributed by atoms with E-state index in [2.05, 4.69) is 25.3 Å². The molecule has 3 N–H and O–H groups in total. The Morgan fingerprint density at radius 2 is 1.84 bits per heavy atom. The first-order valence-corrected chi connectivity index (χ1v) is 5.86. The molecule has 2 aromatic heterocycles. The molecule has 0 saturated carbocycles. The summed E-state index contributed by atoms with van der Waals surface area (Å²) in [5.41, 5.74) is 6.03. The number of nitrogens with zero attached hydrogens (tertiary/aromatic N) is 4. The second kappa shape index (κ2) is 4.52. The van der Waals surface area contributed by atoms with E-state index in [9.17, 15) is 0 Å². The molecule has 0 fully saturated rings. The second-order valence-corrected chi connectivity index (χ2v) is 4.50. The number of hydrogen-bond donors (Lipinski definition) is 2. The van der Waals surface area contributed by atoms with Crippen LogP contribution in [0.1, 0.15) is 0 Å². The fourth-order valence-corrected chi connectivity index (χ4v) is 2.02. The van der Waals surface area contributed by atoms with Crippen molar-refractivity contribution in [3.8, 4) is 23.1 Å². The molecule has 0 bridgehead atoms. The number of anilines is 1. The van der Waals surface area contributed by atoms with Gasteiger partial charge in [-0.15, -0.1) is 5.10 Å². The largest absolute Gasteiger partial charge is 0.366 e. The van der Waals surface area contributed by atoms with Crippen LogP contribution in [0.2, 0.25) is 10.0 Å². The maximum atomic E-state index is 5.91. The third-order valence-corrected chi connectivity index (χ3v) is 2.69. The highest BCUT2D eigenvalue weighted by Crippen LogP contribution is 2.26. The zero-order valence-corrected chi connectivity index (χ0v) is 10.8. The van der Waals surface area contributed by atoms with Crippen molar-refractivity contribution in [3.63, 3.8) is 0 Å². The van der Waals surface area contributed by atoms with Crippen LogP contribution in [0.4, 0.5) is 5.95 Å². The molecule has 0 aliphatic carbocycles. The lowest BCUT2D eigenvalue weighted by Gasteiger charge is -1.96. The van der Waals surface area contributed by atoms with E-state index in [0.717, 1.165) is 0 Å². The first kappa shape index (κ1) is 11.9. The summed E-state index contributed by atoms with van der Waals surface area (Å²) in [6.07, 6.45) is 0. The molecule has 0 atom stereocenters. The molecule has 0 saturated heterocycles. The van der Waals surface area contributed by atoms with Crippen LogP contribution in [0.15, 0.2) is 22.7 Å². The Labute approximate surface area is 116 Å². The van der Waals surface area contributed by atoms with Gasteiger partial charge < -0.3 is 10.3 Å². The minimum atomic E-state index is 0.0977. The Balaban J connectivity index is 2.01. The van der Waals surface area contributed by atoms with Gasteiger partial charge in [-0.1, -0.05) is 28.4 Å². The molecule has 0 unspecified atom stereocenters. The Kier molecular flexibility index (Phi) is 2.84. The van der Waals surface area contributed by atoms with Gasteiger partial charge in [0.05, 0.1) is 0 Å². The zero-order chi connectivity index (χ0) is 13.4. The van der Waals surface area contributed by atoms with Gasteiger partial charge in [-0.2, -0.15) is 9.97 Å².